The van der Waals surface area contributed by atoms with Crippen LogP contribution in [0.4, 0.5) is 0 Å². The lowest BCUT2D eigenvalue weighted by atomic mass is 10.3. The molecule has 1 atom stereocenters. The normalized spacial score (nSPS) is 11.4. The van der Waals surface area contributed by atoms with E-state index in [1.807, 2.05) is 13.0 Å². The zero-order valence-corrected chi connectivity index (χ0v) is 8.81. The van der Waals surface area contributed by atoms with E-state index in [-0.39, 0.29) is 0 Å². The largest absolute Gasteiger partial charge is 0.804 e. The highest BCUT2D eigenvalue weighted by Gasteiger charge is 2.20. The van der Waals surface area contributed by atoms with E-state index in [4.69, 9.17) is 9.05 Å². The first-order valence-electron chi connectivity index (χ1n) is 4.35. The van der Waals surface area contributed by atoms with Crippen molar-refractivity contribution in [2.45, 2.75) is 13.3 Å². The fourth-order valence-electron chi connectivity index (χ4n) is 0.778. The van der Waals surface area contributed by atoms with E-state index < -0.39 is 8.25 Å². The van der Waals surface area contributed by atoms with Gasteiger partial charge in [-0.05, 0) is 24.6 Å². The standard InChI is InChI=1S/C10H12O3P/c1-2-3-9-12-14(11)13-10-7-5-4-6-8-10/h3-9H,2H2,1H3/q+1. The molecule has 1 aromatic rings. The quantitative estimate of drug-likeness (QED) is 0.550. The molecule has 74 valence electrons. The molecule has 0 aromatic heterocycles. The summed E-state index contributed by atoms with van der Waals surface area (Å²) >= 11 is 0. The van der Waals surface area contributed by atoms with Gasteiger partial charge >= 0.3 is 8.25 Å². The van der Waals surface area contributed by atoms with Crippen LogP contribution in [0.5, 0.6) is 5.75 Å². The number of allylic oxidation sites excluding steroid dienone is 1. The molecule has 0 bridgehead atoms. The Balaban J connectivity index is 2.38. The minimum atomic E-state index is -2.11. The molecule has 0 fully saturated rings. The topological polar surface area (TPSA) is 35.5 Å². The van der Waals surface area contributed by atoms with Crippen LogP contribution >= 0.6 is 8.25 Å². The van der Waals surface area contributed by atoms with Gasteiger partial charge in [0.05, 0.1) is 0 Å². The van der Waals surface area contributed by atoms with Crippen molar-refractivity contribution in [3.63, 3.8) is 0 Å². The van der Waals surface area contributed by atoms with E-state index in [2.05, 4.69) is 0 Å². The number of rotatable bonds is 5. The van der Waals surface area contributed by atoms with Crippen molar-refractivity contribution in [2.24, 2.45) is 0 Å². The first-order chi connectivity index (χ1) is 6.83. The lowest BCUT2D eigenvalue weighted by Gasteiger charge is -1.89. The molecule has 1 unspecified atom stereocenters. The molecule has 14 heavy (non-hydrogen) atoms. The number of benzene rings is 1. The zero-order valence-electron chi connectivity index (χ0n) is 7.92. The second kappa shape index (κ2) is 6.17. The minimum Gasteiger partial charge on any atom is -0.231 e. The molecule has 0 aliphatic heterocycles. The van der Waals surface area contributed by atoms with Crippen LogP contribution in [0, 0.1) is 0 Å². The van der Waals surface area contributed by atoms with Gasteiger partial charge in [0.15, 0.2) is 12.0 Å². The molecule has 0 heterocycles. The van der Waals surface area contributed by atoms with Gasteiger partial charge in [0.1, 0.15) is 0 Å². The van der Waals surface area contributed by atoms with Crippen molar-refractivity contribution in [1.29, 1.82) is 0 Å². The summed E-state index contributed by atoms with van der Waals surface area (Å²) in [4.78, 5) is 0. The van der Waals surface area contributed by atoms with Crippen molar-refractivity contribution < 1.29 is 13.6 Å². The third-order valence-corrected chi connectivity index (χ3v) is 2.06. The van der Waals surface area contributed by atoms with Gasteiger partial charge in [-0.2, -0.15) is 0 Å². The molecule has 0 saturated carbocycles. The average Bonchev–Trinajstić information content (AvgIpc) is 2.20. The van der Waals surface area contributed by atoms with Crippen molar-refractivity contribution >= 4 is 8.25 Å². The summed E-state index contributed by atoms with van der Waals surface area (Å²) in [5.74, 6) is 0.540. The first-order valence-corrected chi connectivity index (χ1v) is 5.44. The van der Waals surface area contributed by atoms with Crippen molar-refractivity contribution in [2.75, 3.05) is 0 Å². The van der Waals surface area contributed by atoms with Crippen LogP contribution < -0.4 is 4.52 Å². The molecule has 0 aliphatic rings. The van der Waals surface area contributed by atoms with Gasteiger partial charge in [-0.1, -0.05) is 25.1 Å². The van der Waals surface area contributed by atoms with Crippen molar-refractivity contribution in [3.05, 3.63) is 42.7 Å². The lowest BCUT2D eigenvalue weighted by Crippen LogP contribution is -1.80. The Hall–Kier alpha value is -1.34. The van der Waals surface area contributed by atoms with Crippen LogP contribution in [0.25, 0.3) is 0 Å². The molecule has 0 spiro atoms. The Morgan fingerprint density at radius 1 is 1.36 bits per heavy atom. The summed E-state index contributed by atoms with van der Waals surface area (Å²) in [6, 6.07) is 8.92. The van der Waals surface area contributed by atoms with Crippen LogP contribution in [0.15, 0.2) is 42.7 Å². The Bertz CT molecular complexity index is 308. The van der Waals surface area contributed by atoms with E-state index in [1.54, 1.807) is 30.3 Å². The molecule has 1 rings (SSSR count). The zero-order chi connectivity index (χ0) is 10.2. The molecule has 3 nitrogen and oxygen atoms in total. The molecule has 0 N–H and O–H groups in total. The van der Waals surface area contributed by atoms with E-state index >= 15 is 0 Å². The average molecular weight is 211 g/mol. The Morgan fingerprint density at radius 3 is 2.71 bits per heavy atom. The van der Waals surface area contributed by atoms with Crippen LogP contribution in [0.2, 0.25) is 0 Å². The van der Waals surface area contributed by atoms with Crippen LogP contribution in [0.3, 0.4) is 0 Å². The molecule has 0 amide bonds. The number of para-hydroxylation sites is 1. The molecule has 1 aromatic carbocycles. The van der Waals surface area contributed by atoms with Gasteiger partial charge in [0.25, 0.3) is 0 Å². The molecular weight excluding hydrogens is 199 g/mol. The second-order valence-electron chi connectivity index (χ2n) is 2.51. The Kier molecular flexibility index (Phi) is 4.73. The summed E-state index contributed by atoms with van der Waals surface area (Å²) in [6.45, 7) is 1.96. The van der Waals surface area contributed by atoms with Crippen molar-refractivity contribution in [1.82, 2.24) is 0 Å². The van der Waals surface area contributed by atoms with Gasteiger partial charge in [-0.15, -0.1) is 0 Å². The molecule has 0 saturated heterocycles. The monoisotopic (exact) mass is 211 g/mol. The predicted molar refractivity (Wildman–Crippen MR) is 55.2 cm³/mol. The fourth-order valence-corrected chi connectivity index (χ4v) is 1.30. The van der Waals surface area contributed by atoms with Gasteiger partial charge in [0.2, 0.25) is 0 Å². The fraction of sp³-hybridized carbons (Fsp3) is 0.200. The summed E-state index contributed by atoms with van der Waals surface area (Å²) in [6.07, 6.45) is 4.00. The Labute approximate surface area is 84.3 Å². The summed E-state index contributed by atoms with van der Waals surface area (Å²) in [5.41, 5.74) is 0. The minimum absolute atomic E-state index is 0.540. The molecule has 0 aliphatic carbocycles. The predicted octanol–water partition coefficient (Wildman–Crippen LogP) is 3.66. The first kappa shape index (κ1) is 10.7. The maximum Gasteiger partial charge on any atom is 0.804 e. The van der Waals surface area contributed by atoms with Crippen LogP contribution in [-0.2, 0) is 9.09 Å². The van der Waals surface area contributed by atoms with E-state index in [0.29, 0.717) is 5.75 Å². The maximum atomic E-state index is 11.1. The lowest BCUT2D eigenvalue weighted by molar-refractivity contribution is 0.382. The van der Waals surface area contributed by atoms with E-state index in [0.717, 1.165) is 6.42 Å². The number of hydrogen-bond acceptors (Lipinski definition) is 3. The smallest absolute Gasteiger partial charge is 0.231 e. The number of hydrogen-bond donors (Lipinski definition) is 0. The summed E-state index contributed by atoms with van der Waals surface area (Å²) in [5, 5.41) is 0. The van der Waals surface area contributed by atoms with Crippen LogP contribution in [0.1, 0.15) is 13.3 Å². The highest BCUT2D eigenvalue weighted by atomic mass is 31.1. The van der Waals surface area contributed by atoms with Gasteiger partial charge in [0, 0.05) is 4.57 Å². The van der Waals surface area contributed by atoms with Gasteiger partial charge in [-0.3, -0.25) is 0 Å². The summed E-state index contributed by atoms with van der Waals surface area (Å²) < 4.78 is 20.9. The van der Waals surface area contributed by atoms with Crippen molar-refractivity contribution in [3.8, 4) is 5.75 Å². The van der Waals surface area contributed by atoms with Gasteiger partial charge in [-0.25, -0.2) is 9.05 Å². The second-order valence-corrected chi connectivity index (χ2v) is 3.35. The molecule has 4 heteroatoms. The maximum absolute atomic E-state index is 11.1. The third kappa shape index (κ3) is 4.06. The van der Waals surface area contributed by atoms with E-state index in [9.17, 15) is 4.57 Å². The highest BCUT2D eigenvalue weighted by molar-refractivity contribution is 7.33. The summed E-state index contributed by atoms with van der Waals surface area (Å²) in [7, 11) is -2.11. The van der Waals surface area contributed by atoms with E-state index in [1.165, 1.54) is 6.26 Å². The Morgan fingerprint density at radius 2 is 2.07 bits per heavy atom. The SMILES string of the molecule is CCC=CO[P+](=O)Oc1ccccc1. The molecule has 0 radical (unpaired) electrons. The third-order valence-electron chi connectivity index (χ3n) is 1.40. The van der Waals surface area contributed by atoms with Crippen LogP contribution in [-0.4, -0.2) is 0 Å². The molecular formula is C10H12O3P+. The highest BCUT2D eigenvalue weighted by Crippen LogP contribution is 2.27. The van der Waals surface area contributed by atoms with Gasteiger partial charge < -0.3 is 0 Å².